The van der Waals surface area contributed by atoms with Crippen molar-refractivity contribution in [3.8, 4) is 0 Å². The first-order valence-corrected chi connectivity index (χ1v) is 7.23. The minimum absolute atomic E-state index is 0.220. The van der Waals surface area contributed by atoms with E-state index in [-0.39, 0.29) is 11.5 Å². The van der Waals surface area contributed by atoms with Crippen LogP contribution in [0.25, 0.3) is 0 Å². The van der Waals surface area contributed by atoms with Gasteiger partial charge in [0.2, 0.25) is 0 Å². The summed E-state index contributed by atoms with van der Waals surface area (Å²) < 4.78 is 22.8. The number of carboxylic acid groups (broad SMARTS) is 1. The average molecular weight is 250 g/mol. The number of aliphatic hydroxyl groups excluding tert-OH is 1. The van der Waals surface area contributed by atoms with Crippen molar-refractivity contribution in [2.24, 2.45) is 11.3 Å². The SMILES string of the molecule is CCC(CC)(C(=O)O)C1CS(=O)(=O)CC1O. The molecule has 5 nitrogen and oxygen atoms in total. The zero-order chi connectivity index (χ0) is 12.6. The van der Waals surface area contributed by atoms with Gasteiger partial charge in [0, 0.05) is 5.92 Å². The minimum atomic E-state index is -3.29. The van der Waals surface area contributed by atoms with Gasteiger partial charge in [-0.3, -0.25) is 4.79 Å². The molecule has 1 aliphatic heterocycles. The molecular formula is C10H18O5S. The summed E-state index contributed by atoms with van der Waals surface area (Å²) in [7, 11) is -3.29. The Morgan fingerprint density at radius 1 is 1.31 bits per heavy atom. The number of rotatable bonds is 4. The quantitative estimate of drug-likeness (QED) is 0.748. The largest absolute Gasteiger partial charge is 0.481 e. The van der Waals surface area contributed by atoms with Gasteiger partial charge < -0.3 is 10.2 Å². The van der Waals surface area contributed by atoms with Crippen LogP contribution in [0.1, 0.15) is 26.7 Å². The molecule has 1 saturated heterocycles. The van der Waals surface area contributed by atoms with Crippen molar-refractivity contribution in [3.63, 3.8) is 0 Å². The molecule has 0 aliphatic carbocycles. The predicted molar refractivity (Wildman–Crippen MR) is 58.8 cm³/mol. The Morgan fingerprint density at radius 2 is 1.81 bits per heavy atom. The third-order valence-corrected chi connectivity index (χ3v) is 5.44. The van der Waals surface area contributed by atoms with Gasteiger partial charge in [0.25, 0.3) is 0 Å². The van der Waals surface area contributed by atoms with E-state index in [0.29, 0.717) is 12.8 Å². The van der Waals surface area contributed by atoms with Crippen LogP contribution >= 0.6 is 0 Å². The summed E-state index contributed by atoms with van der Waals surface area (Å²) in [6.07, 6.45) is -0.396. The number of hydrogen-bond acceptors (Lipinski definition) is 4. The highest BCUT2D eigenvalue weighted by Gasteiger charge is 2.52. The highest BCUT2D eigenvalue weighted by Crippen LogP contribution is 2.41. The lowest BCUT2D eigenvalue weighted by molar-refractivity contribution is -0.155. The first-order valence-electron chi connectivity index (χ1n) is 5.41. The van der Waals surface area contributed by atoms with Gasteiger partial charge in [0.1, 0.15) is 0 Å². The highest BCUT2D eigenvalue weighted by atomic mass is 32.2. The van der Waals surface area contributed by atoms with Gasteiger partial charge in [-0.05, 0) is 12.8 Å². The van der Waals surface area contributed by atoms with Crippen LogP contribution in [0.5, 0.6) is 0 Å². The van der Waals surface area contributed by atoms with Crippen LogP contribution in [0.3, 0.4) is 0 Å². The van der Waals surface area contributed by atoms with Gasteiger partial charge in [-0.1, -0.05) is 13.8 Å². The second-order valence-electron chi connectivity index (χ2n) is 4.42. The number of aliphatic carboxylic acids is 1. The Morgan fingerprint density at radius 3 is 2.06 bits per heavy atom. The molecule has 1 fully saturated rings. The topological polar surface area (TPSA) is 91.7 Å². The molecule has 0 spiro atoms. The Bertz CT molecular complexity index is 369. The highest BCUT2D eigenvalue weighted by molar-refractivity contribution is 7.91. The van der Waals surface area contributed by atoms with E-state index < -0.39 is 33.2 Å². The molecule has 0 aromatic rings. The van der Waals surface area contributed by atoms with Gasteiger partial charge in [0.05, 0.1) is 23.0 Å². The summed E-state index contributed by atoms with van der Waals surface area (Å²) in [4.78, 5) is 11.3. The molecule has 6 heteroatoms. The summed E-state index contributed by atoms with van der Waals surface area (Å²) in [6.45, 7) is 3.44. The smallest absolute Gasteiger partial charge is 0.310 e. The molecule has 1 rings (SSSR count). The molecule has 0 aromatic carbocycles. The van der Waals surface area contributed by atoms with E-state index in [1.54, 1.807) is 13.8 Å². The van der Waals surface area contributed by atoms with Crippen molar-refractivity contribution >= 4 is 15.8 Å². The second kappa shape index (κ2) is 4.33. The Balaban J connectivity index is 3.11. The molecular weight excluding hydrogens is 232 g/mol. The number of carbonyl (C=O) groups is 1. The summed E-state index contributed by atoms with van der Waals surface area (Å²) in [5.74, 6) is -2.24. The normalized spacial score (nSPS) is 29.2. The number of sulfone groups is 1. The number of aliphatic hydroxyl groups is 1. The Hall–Kier alpha value is -0.620. The molecule has 0 aromatic heterocycles. The molecule has 0 bridgehead atoms. The summed E-state index contributed by atoms with van der Waals surface area (Å²) >= 11 is 0. The van der Waals surface area contributed by atoms with Crippen molar-refractivity contribution in [3.05, 3.63) is 0 Å². The van der Waals surface area contributed by atoms with Crippen molar-refractivity contribution in [1.29, 1.82) is 0 Å². The molecule has 16 heavy (non-hydrogen) atoms. The zero-order valence-corrected chi connectivity index (χ0v) is 10.3. The molecule has 0 saturated carbocycles. The van der Waals surface area contributed by atoms with Crippen molar-refractivity contribution in [2.45, 2.75) is 32.8 Å². The van der Waals surface area contributed by atoms with Crippen LogP contribution in [-0.4, -0.2) is 42.2 Å². The summed E-state index contributed by atoms with van der Waals surface area (Å²) in [5, 5.41) is 19.0. The van der Waals surface area contributed by atoms with Gasteiger partial charge >= 0.3 is 5.97 Å². The van der Waals surface area contributed by atoms with Crippen LogP contribution in [0, 0.1) is 11.3 Å². The molecule has 0 radical (unpaired) electrons. The van der Waals surface area contributed by atoms with Crippen molar-refractivity contribution < 1.29 is 23.4 Å². The van der Waals surface area contributed by atoms with E-state index >= 15 is 0 Å². The van der Waals surface area contributed by atoms with Gasteiger partial charge in [-0.15, -0.1) is 0 Å². The predicted octanol–water partition coefficient (Wildman–Crippen LogP) is 0.283. The molecule has 1 heterocycles. The van der Waals surface area contributed by atoms with Crippen molar-refractivity contribution in [1.82, 2.24) is 0 Å². The van der Waals surface area contributed by atoms with E-state index in [1.165, 1.54) is 0 Å². The van der Waals surface area contributed by atoms with Gasteiger partial charge in [-0.25, -0.2) is 8.42 Å². The maximum Gasteiger partial charge on any atom is 0.310 e. The summed E-state index contributed by atoms with van der Waals surface area (Å²) in [5.41, 5.74) is -1.12. The first-order chi connectivity index (χ1) is 7.29. The number of hydrogen-bond donors (Lipinski definition) is 2. The monoisotopic (exact) mass is 250 g/mol. The Kier molecular flexibility index (Phi) is 3.64. The molecule has 94 valence electrons. The van der Waals surface area contributed by atoms with E-state index in [4.69, 9.17) is 0 Å². The lowest BCUT2D eigenvalue weighted by Gasteiger charge is -2.34. The van der Waals surface area contributed by atoms with Crippen LogP contribution in [0.15, 0.2) is 0 Å². The lowest BCUT2D eigenvalue weighted by Crippen LogP contribution is -2.43. The van der Waals surface area contributed by atoms with Crippen molar-refractivity contribution in [2.75, 3.05) is 11.5 Å². The fraction of sp³-hybridized carbons (Fsp3) is 0.900. The molecule has 2 unspecified atom stereocenters. The van der Waals surface area contributed by atoms with E-state index in [1.807, 2.05) is 0 Å². The van der Waals surface area contributed by atoms with Crippen LogP contribution in [0.4, 0.5) is 0 Å². The Labute approximate surface area is 95.4 Å². The average Bonchev–Trinajstić information content (AvgIpc) is 2.43. The number of carboxylic acids is 1. The van der Waals surface area contributed by atoms with E-state index in [2.05, 4.69) is 0 Å². The standard InChI is InChI=1S/C10H18O5S/c1-3-10(4-2,9(12)13)7-5-16(14,15)6-8(7)11/h7-8,11H,3-6H2,1-2H3,(H,12,13). The van der Waals surface area contributed by atoms with Gasteiger partial charge in [0.15, 0.2) is 9.84 Å². The molecule has 1 aliphatic rings. The molecule has 2 N–H and O–H groups in total. The molecule has 2 atom stereocenters. The second-order valence-corrected chi connectivity index (χ2v) is 6.57. The third-order valence-electron chi connectivity index (χ3n) is 3.72. The fourth-order valence-electron chi connectivity index (χ4n) is 2.59. The van der Waals surface area contributed by atoms with Crippen LogP contribution in [0.2, 0.25) is 0 Å². The minimum Gasteiger partial charge on any atom is -0.481 e. The lowest BCUT2D eigenvalue weighted by atomic mass is 9.70. The summed E-state index contributed by atoms with van der Waals surface area (Å²) in [6, 6.07) is 0. The fourth-order valence-corrected chi connectivity index (χ4v) is 4.57. The van der Waals surface area contributed by atoms with Crippen LogP contribution < -0.4 is 0 Å². The third kappa shape index (κ3) is 2.08. The van der Waals surface area contributed by atoms with Gasteiger partial charge in [-0.2, -0.15) is 0 Å². The molecule has 0 amide bonds. The maximum absolute atomic E-state index is 11.4. The maximum atomic E-state index is 11.4. The first kappa shape index (κ1) is 13.4. The zero-order valence-electron chi connectivity index (χ0n) is 9.51. The van der Waals surface area contributed by atoms with E-state index in [9.17, 15) is 23.4 Å². The van der Waals surface area contributed by atoms with Crippen LogP contribution in [-0.2, 0) is 14.6 Å². The van der Waals surface area contributed by atoms with E-state index in [0.717, 1.165) is 0 Å².